The Kier molecular flexibility index (Phi) is 5.88. The summed E-state index contributed by atoms with van der Waals surface area (Å²) in [7, 11) is -1.53. The van der Waals surface area contributed by atoms with Crippen molar-refractivity contribution in [1.29, 1.82) is 0 Å². The zero-order chi connectivity index (χ0) is 18.7. The number of benzene rings is 2. The summed E-state index contributed by atoms with van der Waals surface area (Å²) in [5.41, 5.74) is 1.88. The fourth-order valence-electron chi connectivity index (χ4n) is 3.33. The van der Waals surface area contributed by atoms with E-state index >= 15 is 0 Å². The molecule has 140 valence electrons. The van der Waals surface area contributed by atoms with Crippen molar-refractivity contribution >= 4 is 10.8 Å². The third-order valence-electron chi connectivity index (χ3n) is 5.06. The number of halogens is 2. The van der Waals surface area contributed by atoms with Gasteiger partial charge in [0.05, 0.1) is 22.7 Å². The molecule has 2 aromatic rings. The van der Waals surface area contributed by atoms with Crippen LogP contribution in [0, 0.1) is 12.8 Å². The summed E-state index contributed by atoms with van der Waals surface area (Å²) in [6, 6.07) is 16.5. The van der Waals surface area contributed by atoms with E-state index in [9.17, 15) is 13.0 Å². The monoisotopic (exact) mass is 378 g/mol. The molecule has 0 unspecified atom stereocenters. The molecule has 5 heteroatoms. The highest BCUT2D eigenvalue weighted by molar-refractivity contribution is 7.85. The Labute approximate surface area is 156 Å². The van der Waals surface area contributed by atoms with Gasteiger partial charge in [-0.15, -0.1) is 0 Å². The van der Waals surface area contributed by atoms with E-state index < -0.39 is 34.0 Å². The molecule has 0 saturated heterocycles. The van der Waals surface area contributed by atoms with Crippen LogP contribution in [0.15, 0.2) is 59.5 Å². The molecular formula is C21H24F2O2S. The molecule has 0 aliphatic heterocycles. The highest BCUT2D eigenvalue weighted by atomic mass is 32.2. The molecule has 1 aliphatic carbocycles. The van der Waals surface area contributed by atoms with Gasteiger partial charge in [0.25, 0.3) is 5.92 Å². The van der Waals surface area contributed by atoms with E-state index in [0.717, 1.165) is 11.1 Å². The summed E-state index contributed by atoms with van der Waals surface area (Å²) in [5, 5.41) is -0.715. The first-order valence-corrected chi connectivity index (χ1v) is 10.1. The standard InChI is InChI=1S/C21H24F2O2S/c1-15-8-11-18(12-9-15)26(24)19-13-10-16(2)21(22,23)20(19)25-14-17-6-4-3-5-7-17/h3-9,11-12,16,19-20H,10,13-14H2,1-2H3/t16-,19-,20-,26+/m1/s1. The summed E-state index contributed by atoms with van der Waals surface area (Å²) >= 11 is 0. The van der Waals surface area contributed by atoms with Crippen LogP contribution in [0.4, 0.5) is 8.78 Å². The van der Waals surface area contributed by atoms with Crippen LogP contribution < -0.4 is 0 Å². The van der Waals surface area contributed by atoms with Gasteiger partial charge in [0, 0.05) is 10.8 Å². The van der Waals surface area contributed by atoms with Gasteiger partial charge in [0.2, 0.25) is 0 Å². The molecule has 3 rings (SSSR count). The lowest BCUT2D eigenvalue weighted by molar-refractivity contribution is -0.186. The Balaban J connectivity index is 1.83. The first kappa shape index (κ1) is 19.2. The van der Waals surface area contributed by atoms with Crippen LogP contribution in [0.2, 0.25) is 0 Å². The van der Waals surface area contributed by atoms with E-state index in [0.29, 0.717) is 17.7 Å². The first-order valence-electron chi connectivity index (χ1n) is 8.90. The van der Waals surface area contributed by atoms with Crippen LogP contribution in [0.5, 0.6) is 0 Å². The molecule has 0 heterocycles. The van der Waals surface area contributed by atoms with Gasteiger partial charge in [0.1, 0.15) is 6.10 Å². The van der Waals surface area contributed by atoms with Gasteiger partial charge in [-0.25, -0.2) is 8.78 Å². The average Bonchev–Trinajstić information content (AvgIpc) is 2.64. The van der Waals surface area contributed by atoms with Crippen LogP contribution >= 0.6 is 0 Å². The van der Waals surface area contributed by atoms with Gasteiger partial charge in [-0.05, 0) is 37.5 Å². The van der Waals surface area contributed by atoms with Gasteiger partial charge in [0.15, 0.2) is 0 Å². The number of hydrogen-bond acceptors (Lipinski definition) is 2. The highest BCUT2D eigenvalue weighted by Gasteiger charge is 2.54. The minimum absolute atomic E-state index is 0.0927. The second kappa shape index (κ2) is 7.97. The van der Waals surface area contributed by atoms with Crippen molar-refractivity contribution in [1.82, 2.24) is 0 Å². The maximum absolute atomic E-state index is 14.9. The minimum atomic E-state index is -3.00. The van der Waals surface area contributed by atoms with E-state index in [1.54, 1.807) is 19.1 Å². The van der Waals surface area contributed by atoms with Crippen molar-refractivity contribution in [3.63, 3.8) is 0 Å². The van der Waals surface area contributed by atoms with Gasteiger partial charge >= 0.3 is 0 Å². The molecule has 0 N–H and O–H groups in total. The average molecular weight is 378 g/mol. The molecule has 2 aromatic carbocycles. The van der Waals surface area contributed by atoms with Crippen molar-refractivity contribution in [2.75, 3.05) is 0 Å². The smallest absolute Gasteiger partial charge is 0.277 e. The highest BCUT2D eigenvalue weighted by Crippen LogP contribution is 2.43. The fraction of sp³-hybridized carbons (Fsp3) is 0.429. The number of hydrogen-bond donors (Lipinski definition) is 0. The predicted octanol–water partition coefficient (Wildman–Crippen LogP) is 5.12. The summed E-state index contributed by atoms with van der Waals surface area (Å²) in [5.74, 6) is -3.78. The van der Waals surface area contributed by atoms with Crippen LogP contribution in [0.1, 0.15) is 30.9 Å². The largest absolute Gasteiger partial charge is 0.366 e. The summed E-state index contributed by atoms with van der Waals surface area (Å²) in [6.45, 7) is 3.58. The predicted molar refractivity (Wildman–Crippen MR) is 99.7 cm³/mol. The molecule has 0 bridgehead atoms. The Morgan fingerprint density at radius 2 is 1.73 bits per heavy atom. The van der Waals surface area contributed by atoms with Crippen molar-refractivity contribution in [3.05, 3.63) is 65.7 Å². The van der Waals surface area contributed by atoms with Crippen LogP contribution in [0.25, 0.3) is 0 Å². The molecule has 26 heavy (non-hydrogen) atoms. The lowest BCUT2D eigenvalue weighted by Crippen LogP contribution is -2.53. The van der Waals surface area contributed by atoms with Gasteiger partial charge in [-0.3, -0.25) is 4.21 Å². The van der Waals surface area contributed by atoms with Crippen molar-refractivity contribution < 1.29 is 17.7 Å². The number of rotatable bonds is 5. The number of alkyl halides is 2. The van der Waals surface area contributed by atoms with Crippen molar-refractivity contribution in [3.8, 4) is 0 Å². The molecule has 1 fully saturated rings. The van der Waals surface area contributed by atoms with E-state index in [4.69, 9.17) is 4.74 Å². The minimum Gasteiger partial charge on any atom is -0.366 e. The maximum atomic E-state index is 14.9. The lowest BCUT2D eigenvalue weighted by atomic mass is 9.84. The summed E-state index contributed by atoms with van der Waals surface area (Å²) in [4.78, 5) is 0.583. The zero-order valence-corrected chi connectivity index (χ0v) is 15.8. The molecule has 0 aromatic heterocycles. The second-order valence-electron chi connectivity index (χ2n) is 7.02. The van der Waals surface area contributed by atoms with Gasteiger partial charge < -0.3 is 4.74 Å². The molecule has 2 nitrogen and oxygen atoms in total. The molecule has 1 aliphatic rings. The van der Waals surface area contributed by atoms with Crippen LogP contribution in [0.3, 0.4) is 0 Å². The third-order valence-corrected chi connectivity index (χ3v) is 6.83. The molecule has 1 saturated carbocycles. The Bertz CT molecular complexity index is 746. The molecule has 0 spiro atoms. The Morgan fingerprint density at radius 1 is 1.08 bits per heavy atom. The van der Waals surface area contributed by atoms with Crippen molar-refractivity contribution in [2.24, 2.45) is 5.92 Å². The van der Waals surface area contributed by atoms with Crippen LogP contribution in [-0.2, 0) is 22.1 Å². The number of ether oxygens (including phenoxy) is 1. The molecule has 0 radical (unpaired) electrons. The Hall–Kier alpha value is -1.59. The first-order chi connectivity index (χ1) is 12.4. The quantitative estimate of drug-likeness (QED) is 0.722. The molecular weight excluding hydrogens is 354 g/mol. The third kappa shape index (κ3) is 4.04. The molecule has 0 amide bonds. The zero-order valence-electron chi connectivity index (χ0n) is 15.0. The van der Waals surface area contributed by atoms with Gasteiger partial charge in [-0.2, -0.15) is 0 Å². The van der Waals surface area contributed by atoms with Crippen LogP contribution in [-0.4, -0.2) is 21.5 Å². The maximum Gasteiger partial charge on any atom is 0.277 e. The number of aryl methyl sites for hydroxylation is 1. The lowest BCUT2D eigenvalue weighted by Gasteiger charge is -2.41. The van der Waals surface area contributed by atoms with E-state index in [1.165, 1.54) is 0 Å². The summed E-state index contributed by atoms with van der Waals surface area (Å²) in [6.07, 6.45) is -0.537. The van der Waals surface area contributed by atoms with Gasteiger partial charge in [-0.1, -0.05) is 55.0 Å². The normalized spacial score (nSPS) is 26.4. The second-order valence-corrected chi connectivity index (χ2v) is 8.69. The Morgan fingerprint density at radius 3 is 2.38 bits per heavy atom. The van der Waals surface area contributed by atoms with E-state index in [-0.39, 0.29) is 6.61 Å². The molecule has 4 atom stereocenters. The van der Waals surface area contributed by atoms with Crippen molar-refractivity contribution in [2.45, 2.75) is 55.5 Å². The summed E-state index contributed by atoms with van der Waals surface area (Å²) < 4.78 is 48.5. The topological polar surface area (TPSA) is 26.3 Å². The van der Waals surface area contributed by atoms with E-state index in [2.05, 4.69) is 0 Å². The fourth-order valence-corrected chi connectivity index (χ4v) is 4.92. The SMILES string of the molecule is Cc1ccc([S@](=O)[C@@H]2CC[C@@H](C)C(F)(F)[C@@H]2OCc2ccccc2)cc1. The van der Waals surface area contributed by atoms with E-state index in [1.807, 2.05) is 49.4 Å².